The molecule has 13 heavy (non-hydrogen) atoms. The van der Waals surface area contributed by atoms with Crippen LogP contribution in [0.15, 0.2) is 11.3 Å². The van der Waals surface area contributed by atoms with Gasteiger partial charge < -0.3 is 10.5 Å². The van der Waals surface area contributed by atoms with Gasteiger partial charge in [0.2, 0.25) is 0 Å². The van der Waals surface area contributed by atoms with Gasteiger partial charge >= 0.3 is 5.97 Å². The minimum atomic E-state index is -0.780. The second kappa shape index (κ2) is 5.62. The number of nitriles is 2. The zero-order chi connectivity index (χ0) is 10.3. The monoisotopic (exact) mass is 179 g/mol. The molecule has 0 aliphatic heterocycles. The van der Waals surface area contributed by atoms with E-state index in [4.69, 9.17) is 16.3 Å². The quantitative estimate of drug-likeness (QED) is 0.379. The van der Waals surface area contributed by atoms with Crippen molar-refractivity contribution in [3.05, 3.63) is 11.3 Å². The van der Waals surface area contributed by atoms with Gasteiger partial charge in [-0.05, 0) is 6.92 Å². The Balaban J connectivity index is 4.71. The Kier molecular flexibility index (Phi) is 4.75. The lowest BCUT2D eigenvalue weighted by molar-refractivity contribution is -0.138. The summed E-state index contributed by atoms with van der Waals surface area (Å²) in [5, 5.41) is 16.8. The standard InChI is InChI=1S/C8H9N3O2/c1-2-13-8(12)6(5-10)7(11)3-4-9/h2-3,11H2,1H3. The largest absolute Gasteiger partial charge is 0.462 e. The Hall–Kier alpha value is -2.01. The Morgan fingerprint density at radius 1 is 1.54 bits per heavy atom. The molecule has 5 heteroatoms. The number of nitrogens with two attached hydrogens (primary N) is 1. The van der Waals surface area contributed by atoms with Crippen molar-refractivity contribution in [2.75, 3.05) is 6.61 Å². The number of carbonyl (C=O) groups excluding carboxylic acids is 1. The molecule has 0 fully saturated rings. The van der Waals surface area contributed by atoms with Crippen LogP contribution >= 0.6 is 0 Å². The van der Waals surface area contributed by atoms with Gasteiger partial charge in [-0.2, -0.15) is 10.5 Å². The van der Waals surface area contributed by atoms with Gasteiger partial charge in [0.15, 0.2) is 5.57 Å². The second-order valence-corrected chi connectivity index (χ2v) is 2.07. The molecule has 68 valence electrons. The number of rotatable bonds is 3. The van der Waals surface area contributed by atoms with Gasteiger partial charge in [0, 0.05) is 5.70 Å². The van der Waals surface area contributed by atoms with Crippen molar-refractivity contribution in [2.24, 2.45) is 5.73 Å². The number of esters is 1. The molecule has 2 N–H and O–H groups in total. The van der Waals surface area contributed by atoms with E-state index in [0.717, 1.165) is 0 Å². The summed E-state index contributed by atoms with van der Waals surface area (Å²) < 4.78 is 4.55. The number of ether oxygens (including phenoxy) is 1. The van der Waals surface area contributed by atoms with Crippen molar-refractivity contribution in [2.45, 2.75) is 13.3 Å². The first-order valence-corrected chi connectivity index (χ1v) is 3.60. The topological polar surface area (TPSA) is 99.9 Å². The molecule has 0 saturated carbocycles. The molecule has 0 atom stereocenters. The summed E-state index contributed by atoms with van der Waals surface area (Å²) in [6.45, 7) is 1.79. The fourth-order valence-electron chi connectivity index (χ4n) is 0.625. The Morgan fingerprint density at radius 2 is 2.15 bits per heavy atom. The van der Waals surface area contributed by atoms with Crippen LogP contribution < -0.4 is 5.73 Å². The zero-order valence-corrected chi connectivity index (χ0v) is 7.20. The minimum Gasteiger partial charge on any atom is -0.462 e. The molecule has 0 aromatic heterocycles. The normalized spacial score (nSPS) is 10.7. The molecule has 0 spiro atoms. The average Bonchev–Trinajstić information content (AvgIpc) is 2.06. The van der Waals surface area contributed by atoms with Crippen LogP contribution in [0.25, 0.3) is 0 Å². The SMILES string of the molecule is CCOC(=O)C(C#N)=C(N)CC#N. The summed E-state index contributed by atoms with van der Waals surface area (Å²) in [5.41, 5.74) is 4.96. The number of hydrogen-bond donors (Lipinski definition) is 1. The minimum absolute atomic E-state index is 0.0524. The van der Waals surface area contributed by atoms with Crippen LogP contribution in [0.2, 0.25) is 0 Å². The maximum absolute atomic E-state index is 11.0. The number of nitrogens with zero attached hydrogens (tertiary/aromatic N) is 2. The van der Waals surface area contributed by atoms with E-state index in [0.29, 0.717) is 0 Å². The van der Waals surface area contributed by atoms with Crippen molar-refractivity contribution < 1.29 is 9.53 Å². The molecule has 0 aromatic carbocycles. The molecule has 0 aliphatic carbocycles. The molecule has 0 radical (unpaired) electrons. The molecule has 0 saturated heterocycles. The smallest absolute Gasteiger partial charge is 0.350 e. The highest BCUT2D eigenvalue weighted by Gasteiger charge is 2.13. The third-order valence-electron chi connectivity index (χ3n) is 1.18. The first-order chi connectivity index (χ1) is 6.17. The van der Waals surface area contributed by atoms with E-state index < -0.39 is 5.97 Å². The van der Waals surface area contributed by atoms with Crippen molar-refractivity contribution >= 4 is 5.97 Å². The maximum atomic E-state index is 11.0. The van der Waals surface area contributed by atoms with E-state index in [1.165, 1.54) is 0 Å². The summed E-state index contributed by atoms with van der Waals surface area (Å²) >= 11 is 0. The first kappa shape index (κ1) is 11.0. The second-order valence-electron chi connectivity index (χ2n) is 2.07. The van der Waals surface area contributed by atoms with Gasteiger partial charge in [0.05, 0.1) is 19.1 Å². The van der Waals surface area contributed by atoms with E-state index in [1.807, 2.05) is 0 Å². The number of hydrogen-bond acceptors (Lipinski definition) is 5. The average molecular weight is 179 g/mol. The van der Waals surface area contributed by atoms with Crippen molar-refractivity contribution in [1.82, 2.24) is 0 Å². The van der Waals surface area contributed by atoms with Gasteiger partial charge in [0.1, 0.15) is 6.07 Å². The summed E-state index contributed by atoms with van der Waals surface area (Å²) in [7, 11) is 0. The van der Waals surface area contributed by atoms with Crippen LogP contribution in [-0.4, -0.2) is 12.6 Å². The van der Waals surface area contributed by atoms with Crippen LogP contribution in [-0.2, 0) is 9.53 Å². The van der Waals surface area contributed by atoms with Crippen molar-refractivity contribution in [1.29, 1.82) is 10.5 Å². The summed E-state index contributed by atoms with van der Waals surface area (Å²) in [4.78, 5) is 11.0. The van der Waals surface area contributed by atoms with E-state index in [-0.39, 0.29) is 24.3 Å². The molecule has 0 amide bonds. The predicted molar refractivity (Wildman–Crippen MR) is 43.7 cm³/mol. The van der Waals surface area contributed by atoms with Crippen LogP contribution in [0.1, 0.15) is 13.3 Å². The number of carbonyl (C=O) groups is 1. The van der Waals surface area contributed by atoms with Gasteiger partial charge in [-0.25, -0.2) is 4.79 Å². The van der Waals surface area contributed by atoms with Crippen LogP contribution in [0.4, 0.5) is 0 Å². The van der Waals surface area contributed by atoms with Crippen molar-refractivity contribution in [3.63, 3.8) is 0 Å². The highest BCUT2D eigenvalue weighted by molar-refractivity contribution is 5.93. The van der Waals surface area contributed by atoms with Gasteiger partial charge in [-0.15, -0.1) is 0 Å². The lowest BCUT2D eigenvalue weighted by atomic mass is 10.2. The fraction of sp³-hybridized carbons (Fsp3) is 0.375. The third kappa shape index (κ3) is 3.26. The molecular formula is C8H9N3O2. The molecule has 0 unspecified atom stereocenters. The van der Waals surface area contributed by atoms with E-state index in [1.54, 1.807) is 19.1 Å². The highest BCUT2D eigenvalue weighted by atomic mass is 16.5. The Morgan fingerprint density at radius 3 is 2.54 bits per heavy atom. The maximum Gasteiger partial charge on any atom is 0.350 e. The molecule has 5 nitrogen and oxygen atoms in total. The van der Waals surface area contributed by atoms with Crippen LogP contribution in [0.3, 0.4) is 0 Å². The van der Waals surface area contributed by atoms with Gasteiger partial charge in [0.25, 0.3) is 0 Å². The molecule has 0 aliphatic rings. The lowest BCUT2D eigenvalue weighted by Crippen LogP contribution is -2.12. The summed E-state index contributed by atoms with van der Waals surface area (Å²) in [6.07, 6.45) is -0.151. The van der Waals surface area contributed by atoms with E-state index in [2.05, 4.69) is 4.74 Å². The third-order valence-corrected chi connectivity index (χ3v) is 1.18. The Bertz CT molecular complexity index is 306. The van der Waals surface area contributed by atoms with Gasteiger partial charge in [-0.1, -0.05) is 0 Å². The molecule has 0 rings (SSSR count). The van der Waals surface area contributed by atoms with Crippen molar-refractivity contribution in [3.8, 4) is 12.1 Å². The van der Waals surface area contributed by atoms with Crippen LogP contribution in [0.5, 0.6) is 0 Å². The van der Waals surface area contributed by atoms with E-state index >= 15 is 0 Å². The van der Waals surface area contributed by atoms with Gasteiger partial charge in [-0.3, -0.25) is 0 Å². The summed E-state index contributed by atoms with van der Waals surface area (Å²) in [5.74, 6) is -0.780. The molecule has 0 bridgehead atoms. The van der Waals surface area contributed by atoms with Crippen LogP contribution in [0, 0.1) is 22.7 Å². The molecule has 0 heterocycles. The Labute approximate surface area is 76.0 Å². The fourth-order valence-corrected chi connectivity index (χ4v) is 0.625. The first-order valence-electron chi connectivity index (χ1n) is 3.60. The van der Waals surface area contributed by atoms with E-state index in [9.17, 15) is 4.79 Å². The highest BCUT2D eigenvalue weighted by Crippen LogP contribution is 2.03. The summed E-state index contributed by atoms with van der Waals surface area (Å²) in [6, 6.07) is 3.34. The molecule has 0 aromatic rings. The zero-order valence-electron chi connectivity index (χ0n) is 7.20. The number of allylic oxidation sites excluding steroid dienone is 1. The predicted octanol–water partition coefficient (Wildman–Crippen LogP) is 0.200. The lowest BCUT2D eigenvalue weighted by Gasteiger charge is -2.01. The molecular weight excluding hydrogens is 170 g/mol.